The fourth-order valence-corrected chi connectivity index (χ4v) is 1.98. The summed E-state index contributed by atoms with van der Waals surface area (Å²) in [6.07, 6.45) is 2.26. The van der Waals surface area contributed by atoms with Crippen LogP contribution >= 0.6 is 0 Å². The van der Waals surface area contributed by atoms with Crippen LogP contribution in [0, 0.1) is 0 Å². The molecule has 2 nitrogen and oxygen atoms in total. The molecule has 1 aromatic rings. The lowest BCUT2D eigenvalue weighted by molar-refractivity contribution is 0.357. The first-order valence-corrected chi connectivity index (χ1v) is 4.46. The standard InChI is InChI=1S/C10H11NO/c1-3-11-9-6-10-8(2-4-12-10)5-7(1)9/h5-6,11H,1-4H2. The first kappa shape index (κ1) is 6.35. The van der Waals surface area contributed by atoms with Crippen LogP contribution in [0.3, 0.4) is 0 Å². The van der Waals surface area contributed by atoms with Gasteiger partial charge < -0.3 is 10.1 Å². The second-order valence-corrected chi connectivity index (χ2v) is 3.39. The molecule has 0 spiro atoms. The van der Waals surface area contributed by atoms with Crippen LogP contribution < -0.4 is 10.1 Å². The van der Waals surface area contributed by atoms with E-state index in [4.69, 9.17) is 4.74 Å². The molecule has 1 N–H and O–H groups in total. The van der Waals surface area contributed by atoms with E-state index < -0.39 is 0 Å². The number of nitrogens with one attached hydrogen (secondary N) is 1. The molecule has 2 aliphatic heterocycles. The lowest BCUT2D eigenvalue weighted by Crippen LogP contribution is -1.91. The Morgan fingerprint density at radius 2 is 2.17 bits per heavy atom. The third kappa shape index (κ3) is 0.750. The number of hydrogen-bond acceptors (Lipinski definition) is 2. The van der Waals surface area contributed by atoms with Gasteiger partial charge in [-0.05, 0) is 23.6 Å². The molecular formula is C10H11NO. The summed E-state index contributed by atoms with van der Waals surface area (Å²) in [5.41, 5.74) is 4.12. The fourth-order valence-electron chi connectivity index (χ4n) is 1.98. The molecule has 0 radical (unpaired) electrons. The molecule has 0 unspecified atom stereocenters. The van der Waals surface area contributed by atoms with E-state index in [1.165, 1.54) is 23.2 Å². The molecule has 2 heteroatoms. The molecule has 0 atom stereocenters. The molecule has 2 heterocycles. The molecule has 1 aromatic carbocycles. The van der Waals surface area contributed by atoms with Crippen LogP contribution in [0.15, 0.2) is 12.1 Å². The average molecular weight is 161 g/mol. The van der Waals surface area contributed by atoms with Crippen LogP contribution in [0.25, 0.3) is 0 Å². The quantitative estimate of drug-likeness (QED) is 0.624. The maximum Gasteiger partial charge on any atom is 0.124 e. The molecule has 0 saturated heterocycles. The van der Waals surface area contributed by atoms with Crippen molar-refractivity contribution in [3.8, 4) is 5.75 Å². The Labute approximate surface area is 71.5 Å². The third-order valence-electron chi connectivity index (χ3n) is 2.63. The maximum absolute atomic E-state index is 5.48. The van der Waals surface area contributed by atoms with Gasteiger partial charge >= 0.3 is 0 Å². The molecular weight excluding hydrogens is 150 g/mol. The van der Waals surface area contributed by atoms with Crippen molar-refractivity contribution in [3.05, 3.63) is 23.3 Å². The van der Waals surface area contributed by atoms with Gasteiger partial charge in [0.15, 0.2) is 0 Å². The van der Waals surface area contributed by atoms with Crippen LogP contribution in [0.4, 0.5) is 5.69 Å². The molecule has 2 aliphatic rings. The highest BCUT2D eigenvalue weighted by Gasteiger charge is 2.18. The Morgan fingerprint density at radius 3 is 3.17 bits per heavy atom. The van der Waals surface area contributed by atoms with Crippen LogP contribution in [0.5, 0.6) is 5.75 Å². The second-order valence-electron chi connectivity index (χ2n) is 3.39. The minimum Gasteiger partial charge on any atom is -0.493 e. The Morgan fingerprint density at radius 1 is 1.17 bits per heavy atom. The maximum atomic E-state index is 5.48. The third-order valence-corrected chi connectivity index (χ3v) is 2.63. The average Bonchev–Trinajstić information content (AvgIpc) is 2.64. The highest BCUT2D eigenvalue weighted by Crippen LogP contribution is 2.33. The number of ether oxygens (including phenoxy) is 1. The SMILES string of the molecule is c1c2c(cc3c1CCO3)NCC2. The van der Waals surface area contributed by atoms with Crippen molar-refractivity contribution in [2.24, 2.45) is 0 Å². The summed E-state index contributed by atoms with van der Waals surface area (Å²) in [5, 5.41) is 3.35. The molecule has 0 saturated carbocycles. The van der Waals surface area contributed by atoms with Crippen LogP contribution in [-0.2, 0) is 12.8 Å². The number of hydrogen-bond donors (Lipinski definition) is 1. The van der Waals surface area contributed by atoms with E-state index in [0.29, 0.717) is 0 Å². The first-order valence-electron chi connectivity index (χ1n) is 4.46. The van der Waals surface area contributed by atoms with E-state index in [-0.39, 0.29) is 0 Å². The molecule has 0 fully saturated rings. The smallest absolute Gasteiger partial charge is 0.124 e. The lowest BCUT2D eigenvalue weighted by Gasteiger charge is -2.03. The molecule has 0 bridgehead atoms. The van der Waals surface area contributed by atoms with Crippen LogP contribution in [-0.4, -0.2) is 13.2 Å². The summed E-state index contributed by atoms with van der Waals surface area (Å²) in [4.78, 5) is 0. The Balaban J connectivity index is 2.18. The predicted octanol–water partition coefficient (Wildman–Crippen LogP) is 1.59. The van der Waals surface area contributed by atoms with Crippen LogP contribution in [0.2, 0.25) is 0 Å². The van der Waals surface area contributed by atoms with Gasteiger partial charge in [0, 0.05) is 24.7 Å². The van der Waals surface area contributed by atoms with E-state index >= 15 is 0 Å². The number of anilines is 1. The van der Waals surface area contributed by atoms with Crippen molar-refractivity contribution in [2.75, 3.05) is 18.5 Å². The molecule has 0 aliphatic carbocycles. The number of rotatable bonds is 0. The van der Waals surface area contributed by atoms with Gasteiger partial charge in [-0.1, -0.05) is 0 Å². The largest absolute Gasteiger partial charge is 0.493 e. The summed E-state index contributed by atoms with van der Waals surface area (Å²) in [7, 11) is 0. The number of benzene rings is 1. The number of fused-ring (bicyclic) bond motifs is 2. The second kappa shape index (κ2) is 2.16. The van der Waals surface area contributed by atoms with Gasteiger partial charge in [-0.25, -0.2) is 0 Å². The normalized spacial score (nSPS) is 18.0. The van der Waals surface area contributed by atoms with Gasteiger partial charge in [0.25, 0.3) is 0 Å². The van der Waals surface area contributed by atoms with Gasteiger partial charge in [-0.3, -0.25) is 0 Å². The van der Waals surface area contributed by atoms with Crippen molar-refractivity contribution in [2.45, 2.75) is 12.8 Å². The zero-order valence-corrected chi connectivity index (χ0v) is 6.89. The predicted molar refractivity (Wildman–Crippen MR) is 47.8 cm³/mol. The molecule has 3 rings (SSSR count). The topological polar surface area (TPSA) is 21.3 Å². The summed E-state index contributed by atoms with van der Waals surface area (Å²) in [6.45, 7) is 1.94. The van der Waals surface area contributed by atoms with Crippen molar-refractivity contribution >= 4 is 5.69 Å². The monoisotopic (exact) mass is 161 g/mol. The van der Waals surface area contributed by atoms with E-state index in [2.05, 4.69) is 17.4 Å². The Bertz CT molecular complexity index is 273. The van der Waals surface area contributed by atoms with Gasteiger partial charge in [-0.15, -0.1) is 0 Å². The lowest BCUT2D eigenvalue weighted by atomic mass is 10.1. The highest BCUT2D eigenvalue weighted by molar-refractivity contribution is 5.61. The van der Waals surface area contributed by atoms with Gasteiger partial charge in [-0.2, -0.15) is 0 Å². The molecule has 0 aromatic heterocycles. The molecule has 0 amide bonds. The molecule has 12 heavy (non-hydrogen) atoms. The summed E-state index contributed by atoms with van der Waals surface area (Å²) in [5.74, 6) is 1.09. The van der Waals surface area contributed by atoms with Gasteiger partial charge in [0.2, 0.25) is 0 Å². The van der Waals surface area contributed by atoms with Crippen molar-refractivity contribution in [1.29, 1.82) is 0 Å². The highest BCUT2D eigenvalue weighted by atomic mass is 16.5. The van der Waals surface area contributed by atoms with Crippen LogP contribution in [0.1, 0.15) is 11.1 Å². The molecule has 62 valence electrons. The van der Waals surface area contributed by atoms with Gasteiger partial charge in [0.1, 0.15) is 5.75 Å². The van der Waals surface area contributed by atoms with E-state index in [0.717, 1.165) is 25.3 Å². The fraction of sp³-hybridized carbons (Fsp3) is 0.400. The van der Waals surface area contributed by atoms with E-state index in [1.807, 2.05) is 0 Å². The van der Waals surface area contributed by atoms with Crippen molar-refractivity contribution in [1.82, 2.24) is 0 Å². The van der Waals surface area contributed by atoms with Gasteiger partial charge in [0.05, 0.1) is 6.61 Å². The van der Waals surface area contributed by atoms with E-state index in [9.17, 15) is 0 Å². The summed E-state index contributed by atoms with van der Waals surface area (Å²) < 4.78 is 5.48. The Hall–Kier alpha value is -1.18. The Kier molecular flexibility index (Phi) is 1.14. The summed E-state index contributed by atoms with van der Waals surface area (Å²) in [6, 6.07) is 4.43. The minimum atomic E-state index is 0.859. The van der Waals surface area contributed by atoms with Crippen molar-refractivity contribution in [3.63, 3.8) is 0 Å². The summed E-state index contributed by atoms with van der Waals surface area (Å²) >= 11 is 0. The first-order chi connectivity index (χ1) is 5.93. The van der Waals surface area contributed by atoms with E-state index in [1.54, 1.807) is 0 Å². The zero-order chi connectivity index (χ0) is 7.97. The zero-order valence-electron chi connectivity index (χ0n) is 6.89. The minimum absolute atomic E-state index is 0.859. The van der Waals surface area contributed by atoms with Crippen molar-refractivity contribution < 1.29 is 4.74 Å².